The maximum absolute atomic E-state index is 12.2. The van der Waals surface area contributed by atoms with Crippen molar-refractivity contribution >= 4 is 15.7 Å². The van der Waals surface area contributed by atoms with Gasteiger partial charge in [-0.3, -0.25) is 4.79 Å². The molecular weight excluding hydrogens is 294 g/mol. The Kier molecular flexibility index (Phi) is 4.65. The lowest BCUT2D eigenvalue weighted by Gasteiger charge is -2.34. The van der Waals surface area contributed by atoms with E-state index in [0.717, 1.165) is 6.42 Å². The Bertz CT molecular complexity index is 601. The lowest BCUT2D eigenvalue weighted by molar-refractivity contribution is -0.131. The Morgan fingerprint density at radius 1 is 1.33 bits per heavy atom. The van der Waals surface area contributed by atoms with Gasteiger partial charge < -0.3 is 9.42 Å². The molecule has 1 aliphatic rings. The first-order valence-corrected chi connectivity index (χ1v) is 8.84. The van der Waals surface area contributed by atoms with E-state index in [2.05, 4.69) is 24.0 Å². The third kappa shape index (κ3) is 4.52. The molecule has 0 aromatic carbocycles. The van der Waals surface area contributed by atoms with Crippen molar-refractivity contribution in [2.45, 2.75) is 32.9 Å². The quantitative estimate of drug-likeness (QED) is 0.816. The third-order valence-electron chi connectivity index (χ3n) is 3.48. The lowest BCUT2D eigenvalue weighted by Crippen LogP contribution is -2.45. The molecule has 0 saturated carbocycles. The second-order valence-electron chi connectivity index (χ2n) is 6.01. The highest BCUT2D eigenvalue weighted by Crippen LogP contribution is 2.21. The molecule has 0 aliphatic carbocycles. The normalized spacial score (nSPS) is 23.3. The van der Waals surface area contributed by atoms with E-state index in [1.807, 2.05) is 0 Å². The molecule has 2 heterocycles. The van der Waals surface area contributed by atoms with Crippen LogP contribution in [-0.2, 0) is 20.4 Å². The molecular formula is C13H21N3O4S. The fraction of sp³-hybridized carbons (Fsp3) is 0.769. The molecule has 118 valence electrons. The van der Waals surface area contributed by atoms with Crippen LogP contribution < -0.4 is 0 Å². The molecule has 21 heavy (non-hydrogen) atoms. The van der Waals surface area contributed by atoms with Gasteiger partial charge in [0.25, 0.3) is 0 Å². The summed E-state index contributed by atoms with van der Waals surface area (Å²) in [6.45, 7) is 7.01. The van der Waals surface area contributed by atoms with Crippen LogP contribution in [0.4, 0.5) is 0 Å². The van der Waals surface area contributed by atoms with E-state index in [0.29, 0.717) is 30.7 Å². The summed E-state index contributed by atoms with van der Waals surface area (Å²) in [5.41, 5.74) is 0. The molecule has 1 aliphatic heterocycles. The summed E-state index contributed by atoms with van der Waals surface area (Å²) in [6.07, 6.45) is 1.07. The van der Waals surface area contributed by atoms with E-state index in [4.69, 9.17) is 4.52 Å². The maximum atomic E-state index is 12.2. The third-order valence-corrected chi connectivity index (χ3v) is 4.85. The van der Waals surface area contributed by atoms with Crippen LogP contribution in [-0.4, -0.2) is 48.2 Å². The number of rotatable bonds is 4. The van der Waals surface area contributed by atoms with Crippen molar-refractivity contribution in [1.29, 1.82) is 0 Å². The minimum atomic E-state index is -3.59. The highest BCUT2D eigenvalue weighted by atomic mass is 32.2. The summed E-state index contributed by atoms with van der Waals surface area (Å²) in [4.78, 5) is 17.7. The number of hydrogen-bond acceptors (Lipinski definition) is 6. The summed E-state index contributed by atoms with van der Waals surface area (Å²) in [6, 6.07) is 0. The molecule has 7 nitrogen and oxygen atoms in total. The second-order valence-corrected chi connectivity index (χ2v) is 8.08. The van der Waals surface area contributed by atoms with Crippen molar-refractivity contribution in [3.8, 4) is 0 Å². The molecule has 1 saturated heterocycles. The molecule has 8 heteroatoms. The fourth-order valence-corrected chi connectivity index (χ4v) is 3.94. The number of aryl methyl sites for hydroxylation is 1. The topological polar surface area (TPSA) is 93.4 Å². The Balaban J connectivity index is 1.97. The number of carbonyl (C=O) groups is 1. The Hall–Kier alpha value is -1.44. The number of amides is 1. The van der Waals surface area contributed by atoms with Crippen molar-refractivity contribution in [2.75, 3.05) is 18.8 Å². The number of nitrogens with zero attached hydrogens (tertiary/aromatic N) is 3. The molecule has 2 atom stereocenters. The molecule has 0 unspecified atom stereocenters. The molecule has 0 N–H and O–H groups in total. The van der Waals surface area contributed by atoms with Crippen LogP contribution in [0.1, 0.15) is 32.0 Å². The average Bonchev–Trinajstić information content (AvgIpc) is 2.71. The predicted molar refractivity (Wildman–Crippen MR) is 76.1 cm³/mol. The molecule has 2 rings (SSSR count). The monoisotopic (exact) mass is 315 g/mol. The first-order chi connectivity index (χ1) is 9.75. The predicted octanol–water partition coefficient (Wildman–Crippen LogP) is 0.797. The van der Waals surface area contributed by atoms with E-state index in [1.54, 1.807) is 11.8 Å². The van der Waals surface area contributed by atoms with Crippen LogP contribution in [0.3, 0.4) is 0 Å². The molecule has 0 radical (unpaired) electrons. The summed E-state index contributed by atoms with van der Waals surface area (Å²) >= 11 is 0. The number of piperidine rings is 1. The van der Waals surface area contributed by atoms with Crippen LogP contribution in [0.25, 0.3) is 0 Å². The molecule has 1 aromatic heterocycles. The standard InChI is InChI=1S/C13H21N3O4S/c1-9-4-10(2)6-16(5-9)13(17)8-21(18,19)7-12-14-11(3)15-20-12/h9-10H,4-8H2,1-3H3/t9-,10+. The number of sulfone groups is 1. The van der Waals surface area contributed by atoms with E-state index in [1.165, 1.54) is 0 Å². The molecule has 1 fully saturated rings. The molecule has 1 aromatic rings. The highest BCUT2D eigenvalue weighted by molar-refractivity contribution is 7.91. The van der Waals surface area contributed by atoms with Gasteiger partial charge in [-0.1, -0.05) is 19.0 Å². The minimum absolute atomic E-state index is 0.0284. The number of likely N-dealkylation sites (tertiary alicyclic amines) is 1. The van der Waals surface area contributed by atoms with E-state index >= 15 is 0 Å². The van der Waals surface area contributed by atoms with Crippen molar-refractivity contribution < 1.29 is 17.7 Å². The molecule has 0 spiro atoms. The van der Waals surface area contributed by atoms with Gasteiger partial charge in [0, 0.05) is 13.1 Å². The zero-order chi connectivity index (χ0) is 15.6. The summed E-state index contributed by atoms with van der Waals surface area (Å²) in [5.74, 6) is -0.0274. The first kappa shape index (κ1) is 15.9. The average molecular weight is 315 g/mol. The van der Waals surface area contributed by atoms with Gasteiger partial charge in [0.15, 0.2) is 15.7 Å². The van der Waals surface area contributed by atoms with Crippen LogP contribution in [0.15, 0.2) is 4.52 Å². The number of hydrogen-bond donors (Lipinski definition) is 0. The number of carbonyl (C=O) groups excluding carboxylic acids is 1. The van der Waals surface area contributed by atoms with Crippen molar-refractivity contribution in [3.63, 3.8) is 0 Å². The van der Waals surface area contributed by atoms with E-state index < -0.39 is 21.3 Å². The fourth-order valence-electron chi connectivity index (χ4n) is 2.78. The van der Waals surface area contributed by atoms with Crippen LogP contribution in [0, 0.1) is 18.8 Å². The van der Waals surface area contributed by atoms with Gasteiger partial charge >= 0.3 is 0 Å². The molecule has 0 bridgehead atoms. The highest BCUT2D eigenvalue weighted by Gasteiger charge is 2.29. The van der Waals surface area contributed by atoms with Gasteiger partial charge in [0.05, 0.1) is 0 Å². The van der Waals surface area contributed by atoms with Crippen LogP contribution in [0.5, 0.6) is 0 Å². The lowest BCUT2D eigenvalue weighted by atomic mass is 9.92. The minimum Gasteiger partial charge on any atom is -0.341 e. The first-order valence-electron chi connectivity index (χ1n) is 7.02. The van der Waals surface area contributed by atoms with Gasteiger partial charge in [0.1, 0.15) is 11.5 Å². The van der Waals surface area contributed by atoms with E-state index in [-0.39, 0.29) is 11.8 Å². The Morgan fingerprint density at radius 2 is 1.95 bits per heavy atom. The van der Waals surface area contributed by atoms with Crippen LogP contribution >= 0.6 is 0 Å². The van der Waals surface area contributed by atoms with Gasteiger partial charge in [0.2, 0.25) is 11.8 Å². The SMILES string of the molecule is Cc1noc(CS(=O)(=O)CC(=O)N2C[C@H](C)C[C@H](C)C2)n1. The van der Waals surface area contributed by atoms with Crippen molar-refractivity contribution in [1.82, 2.24) is 15.0 Å². The smallest absolute Gasteiger partial charge is 0.241 e. The molecule has 1 amide bonds. The van der Waals surface area contributed by atoms with Gasteiger partial charge in [-0.15, -0.1) is 0 Å². The van der Waals surface area contributed by atoms with E-state index in [9.17, 15) is 13.2 Å². The summed E-state index contributed by atoms with van der Waals surface area (Å²) in [7, 11) is -3.59. The van der Waals surface area contributed by atoms with Crippen LogP contribution in [0.2, 0.25) is 0 Å². The second kappa shape index (κ2) is 6.13. The number of aromatic nitrogens is 2. The van der Waals surface area contributed by atoms with Gasteiger partial charge in [-0.2, -0.15) is 4.98 Å². The zero-order valence-corrected chi connectivity index (χ0v) is 13.4. The summed E-state index contributed by atoms with van der Waals surface area (Å²) < 4.78 is 28.9. The summed E-state index contributed by atoms with van der Waals surface area (Å²) in [5, 5.41) is 3.54. The Morgan fingerprint density at radius 3 is 2.48 bits per heavy atom. The maximum Gasteiger partial charge on any atom is 0.241 e. The Labute approximate surface area is 124 Å². The van der Waals surface area contributed by atoms with Gasteiger partial charge in [-0.25, -0.2) is 8.42 Å². The zero-order valence-electron chi connectivity index (χ0n) is 12.6. The van der Waals surface area contributed by atoms with Crippen molar-refractivity contribution in [2.24, 2.45) is 11.8 Å². The van der Waals surface area contributed by atoms with Crippen molar-refractivity contribution in [3.05, 3.63) is 11.7 Å². The largest absolute Gasteiger partial charge is 0.341 e. The van der Waals surface area contributed by atoms with Gasteiger partial charge in [-0.05, 0) is 25.2 Å².